The van der Waals surface area contributed by atoms with Crippen molar-refractivity contribution in [1.29, 1.82) is 0 Å². The molecule has 0 spiro atoms. The molecule has 0 aromatic carbocycles. The second-order valence-corrected chi connectivity index (χ2v) is 5.97. The summed E-state index contributed by atoms with van der Waals surface area (Å²) in [6, 6.07) is 0. The molecule has 19 heavy (non-hydrogen) atoms. The predicted octanol–water partition coefficient (Wildman–Crippen LogP) is 4.00. The van der Waals surface area contributed by atoms with Crippen LogP contribution >= 0.6 is 0 Å². The first-order valence-corrected chi connectivity index (χ1v) is 7.53. The van der Waals surface area contributed by atoms with Gasteiger partial charge in [-0.25, -0.2) is 0 Å². The summed E-state index contributed by atoms with van der Waals surface area (Å²) in [6.45, 7) is 12.1. The minimum absolute atomic E-state index is 0.0238. The molecule has 0 saturated carbocycles. The normalized spacial score (nSPS) is 14.5. The van der Waals surface area contributed by atoms with Gasteiger partial charge in [-0.05, 0) is 25.2 Å². The van der Waals surface area contributed by atoms with Crippen molar-refractivity contribution in [3.05, 3.63) is 0 Å². The third kappa shape index (κ3) is 4.63. The largest absolute Gasteiger partial charge is 0.465 e. The molecule has 0 N–H and O–H groups in total. The number of carbonyl (C=O) groups is 2. The Labute approximate surface area is 118 Å². The predicted molar refractivity (Wildman–Crippen MR) is 77.9 cm³/mol. The second kappa shape index (κ2) is 8.34. The third-order valence-electron chi connectivity index (χ3n) is 3.64. The first kappa shape index (κ1) is 18.1. The molecule has 112 valence electrons. The van der Waals surface area contributed by atoms with Crippen LogP contribution < -0.4 is 0 Å². The Morgan fingerprint density at radius 2 is 1.68 bits per heavy atom. The molecule has 0 rings (SSSR count). The standard InChI is InChI=1S/C16H30O3/c1-7-9-10-16(13(5)6,15(18)19-8-2)14(17)11-12(3)4/h12-13H,7-11H2,1-6H3. The molecule has 1 unspecified atom stereocenters. The number of ether oxygens (including phenoxy) is 1. The van der Waals surface area contributed by atoms with Crippen molar-refractivity contribution in [3.8, 4) is 0 Å². The number of rotatable bonds is 9. The molecular weight excluding hydrogens is 240 g/mol. The smallest absolute Gasteiger partial charge is 0.319 e. The maximum Gasteiger partial charge on any atom is 0.319 e. The molecule has 3 heteroatoms. The van der Waals surface area contributed by atoms with Gasteiger partial charge in [-0.15, -0.1) is 0 Å². The Morgan fingerprint density at radius 3 is 2.05 bits per heavy atom. The summed E-state index contributed by atoms with van der Waals surface area (Å²) in [4.78, 5) is 25.0. The fourth-order valence-electron chi connectivity index (χ4n) is 2.47. The zero-order valence-corrected chi connectivity index (χ0v) is 13.4. The third-order valence-corrected chi connectivity index (χ3v) is 3.64. The van der Waals surface area contributed by atoms with E-state index in [0.29, 0.717) is 19.4 Å². The molecule has 0 radical (unpaired) electrons. The molecule has 1 atom stereocenters. The Bertz CT molecular complexity index is 294. The highest BCUT2D eigenvalue weighted by Gasteiger charge is 2.48. The van der Waals surface area contributed by atoms with Crippen molar-refractivity contribution >= 4 is 11.8 Å². The highest BCUT2D eigenvalue weighted by atomic mass is 16.5. The Hall–Kier alpha value is -0.860. The fraction of sp³-hybridized carbons (Fsp3) is 0.875. The van der Waals surface area contributed by atoms with Crippen molar-refractivity contribution in [3.63, 3.8) is 0 Å². The number of ketones is 1. The Balaban J connectivity index is 5.36. The van der Waals surface area contributed by atoms with Gasteiger partial charge in [0.2, 0.25) is 0 Å². The summed E-state index contributed by atoms with van der Waals surface area (Å²) in [5.41, 5.74) is -0.948. The van der Waals surface area contributed by atoms with E-state index in [-0.39, 0.29) is 23.6 Å². The van der Waals surface area contributed by atoms with E-state index in [2.05, 4.69) is 6.92 Å². The summed E-state index contributed by atoms with van der Waals surface area (Å²) >= 11 is 0. The van der Waals surface area contributed by atoms with E-state index >= 15 is 0 Å². The van der Waals surface area contributed by atoms with E-state index < -0.39 is 5.41 Å². The van der Waals surface area contributed by atoms with Crippen LogP contribution in [0.5, 0.6) is 0 Å². The van der Waals surface area contributed by atoms with Crippen molar-refractivity contribution in [2.45, 2.75) is 67.2 Å². The van der Waals surface area contributed by atoms with Gasteiger partial charge in [-0.1, -0.05) is 47.5 Å². The lowest BCUT2D eigenvalue weighted by Gasteiger charge is -2.34. The first-order chi connectivity index (χ1) is 8.82. The number of esters is 1. The molecular formula is C16H30O3. The van der Waals surface area contributed by atoms with Crippen LogP contribution in [-0.2, 0) is 14.3 Å². The highest BCUT2D eigenvalue weighted by molar-refractivity contribution is 6.04. The number of unbranched alkanes of at least 4 members (excludes halogenated alkanes) is 1. The molecule has 0 saturated heterocycles. The van der Waals surface area contributed by atoms with Gasteiger partial charge >= 0.3 is 5.97 Å². The molecule has 0 aromatic heterocycles. The molecule has 0 fully saturated rings. The van der Waals surface area contributed by atoms with Crippen LogP contribution in [0.25, 0.3) is 0 Å². The van der Waals surface area contributed by atoms with Gasteiger partial charge in [0, 0.05) is 6.42 Å². The van der Waals surface area contributed by atoms with E-state index in [1.54, 1.807) is 6.92 Å². The lowest BCUT2D eigenvalue weighted by molar-refractivity contribution is -0.164. The molecule has 3 nitrogen and oxygen atoms in total. The lowest BCUT2D eigenvalue weighted by Crippen LogP contribution is -2.45. The average molecular weight is 270 g/mol. The van der Waals surface area contributed by atoms with Crippen molar-refractivity contribution in [2.75, 3.05) is 6.61 Å². The van der Waals surface area contributed by atoms with Gasteiger partial charge in [0.1, 0.15) is 5.41 Å². The van der Waals surface area contributed by atoms with Crippen molar-refractivity contribution < 1.29 is 14.3 Å². The van der Waals surface area contributed by atoms with Gasteiger partial charge in [0.25, 0.3) is 0 Å². The summed E-state index contributed by atoms with van der Waals surface area (Å²) in [5, 5.41) is 0. The van der Waals surface area contributed by atoms with Gasteiger partial charge in [0.05, 0.1) is 6.61 Å². The fourth-order valence-corrected chi connectivity index (χ4v) is 2.47. The second-order valence-electron chi connectivity index (χ2n) is 5.97. The summed E-state index contributed by atoms with van der Waals surface area (Å²) < 4.78 is 5.21. The maximum atomic E-state index is 12.6. The molecule has 0 aliphatic heterocycles. The highest BCUT2D eigenvalue weighted by Crippen LogP contribution is 2.38. The summed E-state index contributed by atoms with van der Waals surface area (Å²) in [7, 11) is 0. The van der Waals surface area contributed by atoms with Crippen LogP contribution in [0.2, 0.25) is 0 Å². The van der Waals surface area contributed by atoms with E-state index in [4.69, 9.17) is 4.74 Å². The quantitative estimate of drug-likeness (QED) is 0.470. The molecule has 0 aromatic rings. The number of hydrogen-bond donors (Lipinski definition) is 0. The monoisotopic (exact) mass is 270 g/mol. The number of hydrogen-bond acceptors (Lipinski definition) is 3. The van der Waals surface area contributed by atoms with Gasteiger partial charge in [-0.3, -0.25) is 9.59 Å². The molecule has 0 bridgehead atoms. The van der Waals surface area contributed by atoms with Gasteiger partial charge in [0.15, 0.2) is 5.78 Å². The van der Waals surface area contributed by atoms with E-state index in [9.17, 15) is 9.59 Å². The van der Waals surface area contributed by atoms with Gasteiger partial charge in [-0.2, -0.15) is 0 Å². The van der Waals surface area contributed by atoms with Crippen molar-refractivity contribution in [1.82, 2.24) is 0 Å². The minimum atomic E-state index is -0.948. The van der Waals surface area contributed by atoms with Crippen LogP contribution in [0.3, 0.4) is 0 Å². The summed E-state index contributed by atoms with van der Waals surface area (Å²) in [6.07, 6.45) is 2.90. The summed E-state index contributed by atoms with van der Waals surface area (Å²) in [5.74, 6) is -0.0421. The van der Waals surface area contributed by atoms with Crippen LogP contribution in [0.15, 0.2) is 0 Å². The van der Waals surface area contributed by atoms with E-state index in [1.165, 1.54) is 0 Å². The van der Waals surface area contributed by atoms with Crippen LogP contribution in [-0.4, -0.2) is 18.4 Å². The maximum absolute atomic E-state index is 12.6. The minimum Gasteiger partial charge on any atom is -0.465 e. The Kier molecular flexibility index (Phi) is 7.96. The lowest BCUT2D eigenvalue weighted by atomic mass is 9.68. The zero-order chi connectivity index (χ0) is 15.1. The Morgan fingerprint density at radius 1 is 1.11 bits per heavy atom. The SMILES string of the molecule is CCCCC(C(=O)CC(C)C)(C(=O)OCC)C(C)C. The zero-order valence-electron chi connectivity index (χ0n) is 13.4. The van der Waals surface area contributed by atoms with Crippen molar-refractivity contribution in [2.24, 2.45) is 17.3 Å². The van der Waals surface area contributed by atoms with Crippen LogP contribution in [0.1, 0.15) is 67.2 Å². The van der Waals surface area contributed by atoms with E-state index in [1.807, 2.05) is 27.7 Å². The number of Topliss-reactive ketones (excluding diaryl/α,β-unsaturated/α-hetero) is 1. The number of carbonyl (C=O) groups excluding carboxylic acids is 2. The van der Waals surface area contributed by atoms with E-state index in [0.717, 1.165) is 12.8 Å². The van der Waals surface area contributed by atoms with Gasteiger partial charge < -0.3 is 4.74 Å². The van der Waals surface area contributed by atoms with Crippen LogP contribution in [0, 0.1) is 17.3 Å². The topological polar surface area (TPSA) is 43.4 Å². The first-order valence-electron chi connectivity index (χ1n) is 7.53. The average Bonchev–Trinajstić information content (AvgIpc) is 2.28. The molecule has 0 heterocycles. The molecule has 0 aliphatic rings. The van der Waals surface area contributed by atoms with Crippen LogP contribution in [0.4, 0.5) is 0 Å². The molecule has 0 amide bonds. The molecule has 0 aliphatic carbocycles.